The second-order valence-corrected chi connectivity index (χ2v) is 14.6. The fourth-order valence-electron chi connectivity index (χ4n) is 5.09. The van der Waals surface area contributed by atoms with Gasteiger partial charge in [0.05, 0.1) is 6.16 Å². The van der Waals surface area contributed by atoms with Crippen molar-refractivity contribution in [2.45, 2.75) is 73.1 Å². The summed E-state index contributed by atoms with van der Waals surface area (Å²) in [5.74, 6) is 0. The van der Waals surface area contributed by atoms with Crippen LogP contribution in [0.4, 0.5) is 0 Å². The summed E-state index contributed by atoms with van der Waals surface area (Å²) < 4.78 is 0. The van der Waals surface area contributed by atoms with E-state index in [1.165, 1.54) is 44.6 Å². The molecule has 0 saturated heterocycles. The zero-order valence-electron chi connectivity index (χ0n) is 24.9. The van der Waals surface area contributed by atoms with Gasteiger partial charge in [0.1, 0.15) is 23.2 Å². The lowest BCUT2D eigenvalue weighted by molar-refractivity contribution is 0.899. The van der Waals surface area contributed by atoms with E-state index in [2.05, 4.69) is 150 Å². The molecule has 0 unspecified atom stereocenters. The Balaban J connectivity index is 1.70. The first kappa shape index (κ1) is 30.6. The predicted octanol–water partition coefficient (Wildman–Crippen LogP) is 10.1. The van der Waals surface area contributed by atoms with Crippen LogP contribution >= 0.6 is 7.26 Å². The summed E-state index contributed by atoms with van der Waals surface area (Å²) in [6.07, 6.45) is 17.7. The SMILES string of the molecule is CC(C)=CCCC(C)=CCCC(C)=CCCC(C)=CC[P+](c1ccccc1)(c1ccccc1)c1ccccc1. The highest BCUT2D eigenvalue weighted by atomic mass is 31.2. The number of benzene rings is 3. The zero-order valence-corrected chi connectivity index (χ0v) is 25.8. The molecule has 0 atom stereocenters. The van der Waals surface area contributed by atoms with Crippen LogP contribution in [0.1, 0.15) is 73.1 Å². The lowest BCUT2D eigenvalue weighted by atomic mass is 10.0. The van der Waals surface area contributed by atoms with E-state index >= 15 is 0 Å². The van der Waals surface area contributed by atoms with Crippen LogP contribution in [-0.4, -0.2) is 6.16 Å². The quantitative estimate of drug-likeness (QED) is 0.142. The highest BCUT2D eigenvalue weighted by molar-refractivity contribution is 7.95. The highest BCUT2D eigenvalue weighted by Gasteiger charge is 2.44. The van der Waals surface area contributed by atoms with Crippen molar-refractivity contribution < 1.29 is 0 Å². The van der Waals surface area contributed by atoms with Gasteiger partial charge < -0.3 is 0 Å². The van der Waals surface area contributed by atoms with E-state index in [0.29, 0.717) is 0 Å². The normalized spacial score (nSPS) is 12.9. The molecule has 0 aliphatic rings. The molecule has 0 aromatic heterocycles. The van der Waals surface area contributed by atoms with Gasteiger partial charge in [0.25, 0.3) is 0 Å². The van der Waals surface area contributed by atoms with Crippen LogP contribution in [0.3, 0.4) is 0 Å². The molecular weight excluding hydrogens is 487 g/mol. The zero-order chi connectivity index (χ0) is 27.9. The van der Waals surface area contributed by atoms with Crippen molar-refractivity contribution in [2.24, 2.45) is 0 Å². The Morgan fingerprint density at radius 3 is 1.15 bits per heavy atom. The maximum absolute atomic E-state index is 2.53. The monoisotopic (exact) mass is 535 g/mol. The summed E-state index contributed by atoms with van der Waals surface area (Å²) in [6.45, 7) is 11.2. The molecule has 1 heteroatoms. The fourth-order valence-corrected chi connectivity index (χ4v) is 9.25. The number of allylic oxidation sites excluding steroid dienone is 8. The Bertz CT molecular complexity index is 1140. The van der Waals surface area contributed by atoms with Gasteiger partial charge in [-0.2, -0.15) is 0 Å². The molecule has 0 N–H and O–H groups in total. The smallest absolute Gasteiger partial charge is 0.0856 e. The molecular formula is C38H48P+. The first-order chi connectivity index (χ1) is 18.9. The van der Waals surface area contributed by atoms with E-state index in [-0.39, 0.29) is 0 Å². The van der Waals surface area contributed by atoms with Crippen molar-refractivity contribution in [1.29, 1.82) is 0 Å². The predicted molar refractivity (Wildman–Crippen MR) is 178 cm³/mol. The molecule has 0 nitrogen and oxygen atoms in total. The lowest BCUT2D eigenvalue weighted by Gasteiger charge is -2.27. The maximum Gasteiger partial charge on any atom is 0.115 e. The minimum Gasteiger partial charge on any atom is -0.0856 e. The van der Waals surface area contributed by atoms with Crippen molar-refractivity contribution in [3.05, 3.63) is 138 Å². The Morgan fingerprint density at radius 2 is 0.795 bits per heavy atom. The highest BCUT2D eigenvalue weighted by Crippen LogP contribution is 2.55. The molecule has 0 fully saturated rings. The van der Waals surface area contributed by atoms with Crippen LogP contribution in [-0.2, 0) is 0 Å². The van der Waals surface area contributed by atoms with E-state index in [1.54, 1.807) is 0 Å². The number of hydrogen-bond acceptors (Lipinski definition) is 0. The van der Waals surface area contributed by atoms with E-state index in [4.69, 9.17) is 0 Å². The molecule has 3 aromatic rings. The largest absolute Gasteiger partial charge is 0.115 e. The number of rotatable bonds is 14. The van der Waals surface area contributed by atoms with Crippen LogP contribution in [0.15, 0.2) is 138 Å². The topological polar surface area (TPSA) is 0 Å². The molecule has 0 aliphatic heterocycles. The molecule has 3 aromatic carbocycles. The molecule has 39 heavy (non-hydrogen) atoms. The van der Waals surface area contributed by atoms with Gasteiger partial charge in [-0.3, -0.25) is 0 Å². The minimum absolute atomic E-state index is 1.05. The van der Waals surface area contributed by atoms with Gasteiger partial charge in [0, 0.05) is 0 Å². The third-order valence-corrected chi connectivity index (χ3v) is 11.7. The average Bonchev–Trinajstić information content (AvgIpc) is 2.95. The Hall–Kier alpha value is -2.95. The number of hydrogen-bond donors (Lipinski definition) is 0. The molecule has 0 spiro atoms. The van der Waals surface area contributed by atoms with Gasteiger partial charge in [-0.05, 0) is 116 Å². The van der Waals surface area contributed by atoms with Crippen LogP contribution in [0, 0.1) is 0 Å². The summed E-state index contributed by atoms with van der Waals surface area (Å²) in [4.78, 5) is 0. The molecule has 0 radical (unpaired) electrons. The van der Waals surface area contributed by atoms with Gasteiger partial charge in [-0.15, -0.1) is 0 Å². The van der Waals surface area contributed by atoms with Crippen molar-refractivity contribution >= 4 is 23.2 Å². The van der Waals surface area contributed by atoms with E-state index in [1.807, 2.05) is 0 Å². The van der Waals surface area contributed by atoms with E-state index < -0.39 is 7.26 Å². The van der Waals surface area contributed by atoms with Crippen LogP contribution in [0.5, 0.6) is 0 Å². The van der Waals surface area contributed by atoms with E-state index in [9.17, 15) is 0 Å². The summed E-state index contributed by atoms with van der Waals surface area (Å²) >= 11 is 0. The van der Waals surface area contributed by atoms with Gasteiger partial charge in [-0.1, -0.05) is 95.1 Å². The van der Waals surface area contributed by atoms with Gasteiger partial charge >= 0.3 is 0 Å². The summed E-state index contributed by atoms with van der Waals surface area (Å²) in [5.41, 5.74) is 5.93. The Morgan fingerprint density at radius 1 is 0.462 bits per heavy atom. The first-order valence-electron chi connectivity index (χ1n) is 14.6. The van der Waals surface area contributed by atoms with Gasteiger partial charge in [-0.25, -0.2) is 0 Å². The summed E-state index contributed by atoms with van der Waals surface area (Å²) in [5, 5.41) is 4.35. The van der Waals surface area contributed by atoms with Crippen molar-refractivity contribution in [3.63, 3.8) is 0 Å². The molecule has 0 saturated carbocycles. The van der Waals surface area contributed by atoms with Crippen LogP contribution in [0.2, 0.25) is 0 Å². The van der Waals surface area contributed by atoms with Crippen molar-refractivity contribution in [1.82, 2.24) is 0 Å². The molecule has 0 heterocycles. The summed E-state index contributed by atoms with van der Waals surface area (Å²) in [6, 6.07) is 33.6. The molecule has 0 bridgehead atoms. The van der Waals surface area contributed by atoms with Gasteiger partial charge in [0.2, 0.25) is 0 Å². The Kier molecular flexibility index (Phi) is 12.7. The molecule has 0 amide bonds. The molecule has 0 aliphatic carbocycles. The van der Waals surface area contributed by atoms with E-state index in [0.717, 1.165) is 38.3 Å². The average molecular weight is 536 g/mol. The van der Waals surface area contributed by atoms with Crippen molar-refractivity contribution in [2.75, 3.05) is 6.16 Å². The second kappa shape index (κ2) is 16.2. The Labute approximate surface area is 239 Å². The minimum atomic E-state index is -1.80. The first-order valence-corrected chi connectivity index (χ1v) is 16.5. The third kappa shape index (κ3) is 9.63. The maximum atomic E-state index is 2.53. The molecule has 204 valence electrons. The fraction of sp³-hybridized carbons (Fsp3) is 0.316. The van der Waals surface area contributed by atoms with Crippen molar-refractivity contribution in [3.8, 4) is 0 Å². The standard InChI is InChI=1S/C38H48P/c1-32(2)18-15-19-33(3)20-16-21-34(4)22-17-23-35(5)30-31-39(36-24-9-6-10-25-36,37-26-11-7-12-27-37)38-28-13-8-14-29-38/h6-14,18,20,22,24-30H,15-17,19,21,23,31H2,1-5H3/q+1. The second-order valence-electron chi connectivity index (χ2n) is 11.0. The van der Waals surface area contributed by atoms with Gasteiger partial charge in [0.15, 0.2) is 0 Å². The van der Waals surface area contributed by atoms with Crippen LogP contribution < -0.4 is 15.9 Å². The summed E-state index contributed by atoms with van der Waals surface area (Å²) in [7, 11) is -1.80. The molecule has 3 rings (SSSR count). The van der Waals surface area contributed by atoms with Crippen LogP contribution in [0.25, 0.3) is 0 Å². The lowest BCUT2D eigenvalue weighted by Crippen LogP contribution is -2.33. The third-order valence-electron chi connectivity index (χ3n) is 7.46.